The van der Waals surface area contributed by atoms with Crippen molar-refractivity contribution in [2.45, 2.75) is 51.9 Å². The van der Waals surface area contributed by atoms with Gasteiger partial charge >= 0.3 is 0 Å². The highest BCUT2D eigenvalue weighted by Gasteiger charge is 2.15. The summed E-state index contributed by atoms with van der Waals surface area (Å²) >= 11 is 0. The minimum absolute atomic E-state index is 0.266. The van der Waals surface area contributed by atoms with Crippen LogP contribution >= 0.6 is 0 Å². The van der Waals surface area contributed by atoms with Crippen LogP contribution in [0.5, 0.6) is 0 Å². The maximum absolute atomic E-state index is 3.55. The zero-order chi connectivity index (χ0) is 13.0. The number of rotatable bonds is 2. The highest BCUT2D eigenvalue weighted by molar-refractivity contribution is 5.27. The Bertz CT molecular complexity index is 350. The second-order valence-electron chi connectivity index (χ2n) is 6.72. The van der Waals surface area contributed by atoms with Crippen LogP contribution in [0.3, 0.4) is 0 Å². The van der Waals surface area contributed by atoms with Crippen LogP contribution in [-0.2, 0) is 11.8 Å². The first-order chi connectivity index (χ1) is 8.55. The Labute approximate surface area is 112 Å². The van der Waals surface area contributed by atoms with Gasteiger partial charge in [-0.1, -0.05) is 51.5 Å². The van der Waals surface area contributed by atoms with Crippen molar-refractivity contribution in [2.75, 3.05) is 13.1 Å². The van der Waals surface area contributed by atoms with Gasteiger partial charge < -0.3 is 5.32 Å². The molecule has 0 radical (unpaired) electrons. The summed E-state index contributed by atoms with van der Waals surface area (Å²) < 4.78 is 0. The largest absolute Gasteiger partial charge is 0.316 e. The van der Waals surface area contributed by atoms with Crippen molar-refractivity contribution < 1.29 is 0 Å². The Hall–Kier alpha value is -0.820. The molecule has 1 aromatic carbocycles. The topological polar surface area (TPSA) is 12.0 Å². The van der Waals surface area contributed by atoms with Crippen LogP contribution in [0.2, 0.25) is 0 Å². The highest BCUT2D eigenvalue weighted by atomic mass is 14.9. The molecule has 2 rings (SSSR count). The van der Waals surface area contributed by atoms with Crippen LogP contribution in [0, 0.1) is 5.92 Å². The van der Waals surface area contributed by atoms with Gasteiger partial charge in [0.2, 0.25) is 0 Å². The monoisotopic (exact) mass is 245 g/mol. The Morgan fingerprint density at radius 3 is 2.50 bits per heavy atom. The lowest BCUT2D eigenvalue weighted by molar-refractivity contribution is 0.477. The molecule has 0 aromatic heterocycles. The maximum Gasteiger partial charge on any atom is -0.00173 e. The van der Waals surface area contributed by atoms with E-state index in [2.05, 4.69) is 50.4 Å². The third kappa shape index (κ3) is 3.84. The second-order valence-corrected chi connectivity index (χ2v) is 6.72. The molecule has 1 nitrogen and oxygen atoms in total. The summed E-state index contributed by atoms with van der Waals surface area (Å²) in [6.45, 7) is 9.23. The average Bonchev–Trinajstić information content (AvgIpc) is 2.57. The molecule has 1 aromatic rings. The predicted octanol–water partition coefficient (Wildman–Crippen LogP) is 3.92. The summed E-state index contributed by atoms with van der Waals surface area (Å²) in [7, 11) is 0. The standard InChI is InChI=1S/C17H27N/c1-17(2,3)16-9-7-14(8-10-16)12-15-6-4-5-11-18-13-15/h7-10,15,18H,4-6,11-13H2,1-3H3. The van der Waals surface area contributed by atoms with Crippen LogP contribution in [0.4, 0.5) is 0 Å². The van der Waals surface area contributed by atoms with Crippen molar-refractivity contribution in [1.29, 1.82) is 0 Å². The van der Waals surface area contributed by atoms with Gasteiger partial charge in [-0.25, -0.2) is 0 Å². The molecular formula is C17H27N. The van der Waals surface area contributed by atoms with Gasteiger partial charge in [0.05, 0.1) is 0 Å². The molecule has 1 fully saturated rings. The SMILES string of the molecule is CC(C)(C)c1ccc(CC2CCCCNC2)cc1. The zero-order valence-electron chi connectivity index (χ0n) is 12.1. The third-order valence-corrected chi connectivity index (χ3v) is 3.99. The Balaban J connectivity index is 1.97. The lowest BCUT2D eigenvalue weighted by atomic mass is 9.86. The second kappa shape index (κ2) is 5.88. The van der Waals surface area contributed by atoms with Crippen LogP contribution in [0.25, 0.3) is 0 Å². The quantitative estimate of drug-likeness (QED) is 0.833. The fraction of sp³-hybridized carbons (Fsp3) is 0.647. The summed E-state index contributed by atoms with van der Waals surface area (Å²) in [5, 5.41) is 3.55. The smallest absolute Gasteiger partial charge is 0.00173 e. The minimum Gasteiger partial charge on any atom is -0.316 e. The van der Waals surface area contributed by atoms with E-state index in [0.29, 0.717) is 0 Å². The normalized spacial score (nSPS) is 21.6. The van der Waals surface area contributed by atoms with E-state index in [1.807, 2.05) is 0 Å². The molecule has 1 N–H and O–H groups in total. The molecule has 1 saturated heterocycles. The van der Waals surface area contributed by atoms with Crippen molar-refractivity contribution in [1.82, 2.24) is 5.32 Å². The molecule has 1 atom stereocenters. The fourth-order valence-corrected chi connectivity index (χ4v) is 2.74. The first-order valence-electron chi connectivity index (χ1n) is 7.36. The molecule has 1 heteroatoms. The summed E-state index contributed by atoms with van der Waals surface area (Å²) in [6.07, 6.45) is 5.35. The van der Waals surface area contributed by atoms with Crippen LogP contribution in [0.1, 0.15) is 51.2 Å². The third-order valence-electron chi connectivity index (χ3n) is 3.99. The average molecular weight is 245 g/mol. The van der Waals surface area contributed by atoms with E-state index >= 15 is 0 Å². The van der Waals surface area contributed by atoms with Gasteiger partial charge in [-0.3, -0.25) is 0 Å². The predicted molar refractivity (Wildman–Crippen MR) is 79.1 cm³/mol. The Morgan fingerprint density at radius 2 is 1.83 bits per heavy atom. The van der Waals surface area contributed by atoms with Gasteiger partial charge in [0.15, 0.2) is 0 Å². The van der Waals surface area contributed by atoms with Crippen molar-refractivity contribution in [3.63, 3.8) is 0 Å². The van der Waals surface area contributed by atoms with Gasteiger partial charge in [-0.05, 0) is 54.8 Å². The summed E-state index contributed by atoms with van der Waals surface area (Å²) in [5.41, 5.74) is 3.20. The zero-order valence-corrected chi connectivity index (χ0v) is 12.1. The van der Waals surface area contributed by atoms with Gasteiger partial charge in [0, 0.05) is 0 Å². The van der Waals surface area contributed by atoms with E-state index in [1.54, 1.807) is 0 Å². The van der Waals surface area contributed by atoms with Crippen LogP contribution in [0.15, 0.2) is 24.3 Å². The van der Waals surface area contributed by atoms with E-state index in [9.17, 15) is 0 Å². The van der Waals surface area contributed by atoms with E-state index in [1.165, 1.54) is 49.9 Å². The molecule has 1 aliphatic rings. The van der Waals surface area contributed by atoms with Crippen molar-refractivity contribution in [2.24, 2.45) is 5.92 Å². The van der Waals surface area contributed by atoms with Gasteiger partial charge in [-0.2, -0.15) is 0 Å². The number of hydrogen-bond acceptors (Lipinski definition) is 1. The first kappa shape index (κ1) is 13.6. The minimum atomic E-state index is 0.266. The molecule has 18 heavy (non-hydrogen) atoms. The summed E-state index contributed by atoms with van der Waals surface area (Å²) in [4.78, 5) is 0. The van der Waals surface area contributed by atoms with E-state index < -0.39 is 0 Å². The molecule has 0 amide bonds. The summed E-state index contributed by atoms with van der Waals surface area (Å²) in [5.74, 6) is 0.827. The lowest BCUT2D eigenvalue weighted by Gasteiger charge is -2.20. The summed E-state index contributed by atoms with van der Waals surface area (Å²) in [6, 6.07) is 9.26. The molecule has 1 heterocycles. The Kier molecular flexibility index (Phi) is 4.45. The van der Waals surface area contributed by atoms with Gasteiger partial charge in [0.1, 0.15) is 0 Å². The Morgan fingerprint density at radius 1 is 1.11 bits per heavy atom. The molecule has 100 valence electrons. The number of hydrogen-bond donors (Lipinski definition) is 1. The van der Waals surface area contributed by atoms with Crippen LogP contribution in [-0.4, -0.2) is 13.1 Å². The highest BCUT2D eigenvalue weighted by Crippen LogP contribution is 2.23. The molecule has 0 bridgehead atoms. The van der Waals surface area contributed by atoms with E-state index in [0.717, 1.165) is 5.92 Å². The number of benzene rings is 1. The van der Waals surface area contributed by atoms with E-state index in [4.69, 9.17) is 0 Å². The lowest BCUT2D eigenvalue weighted by Crippen LogP contribution is -2.22. The molecule has 0 aliphatic carbocycles. The van der Waals surface area contributed by atoms with Crippen LogP contribution < -0.4 is 5.32 Å². The van der Waals surface area contributed by atoms with Crippen molar-refractivity contribution in [3.8, 4) is 0 Å². The van der Waals surface area contributed by atoms with Crippen molar-refractivity contribution in [3.05, 3.63) is 35.4 Å². The maximum atomic E-state index is 3.55. The molecule has 1 aliphatic heterocycles. The van der Waals surface area contributed by atoms with Crippen molar-refractivity contribution >= 4 is 0 Å². The number of nitrogens with one attached hydrogen (secondary N) is 1. The van der Waals surface area contributed by atoms with E-state index in [-0.39, 0.29) is 5.41 Å². The van der Waals surface area contributed by atoms with Gasteiger partial charge in [-0.15, -0.1) is 0 Å². The first-order valence-corrected chi connectivity index (χ1v) is 7.36. The molecular weight excluding hydrogens is 218 g/mol. The molecule has 0 saturated carbocycles. The fourth-order valence-electron chi connectivity index (χ4n) is 2.74. The molecule has 0 spiro atoms. The molecule has 1 unspecified atom stereocenters. The van der Waals surface area contributed by atoms with Gasteiger partial charge in [0.25, 0.3) is 0 Å².